The SMILES string of the molecule is Cc1nc2c(F)c(-c3cccc(Cl)c3Cl)c(CCC#N)cc2c2[nH]c(C3CCCN3C(=O)C3CC3)cc12. The Labute approximate surface area is 224 Å². The number of nitrogens with one attached hydrogen (secondary N) is 1. The van der Waals surface area contributed by atoms with E-state index in [0.717, 1.165) is 48.8 Å². The van der Waals surface area contributed by atoms with Crippen molar-refractivity contribution >= 4 is 50.9 Å². The minimum absolute atomic E-state index is 0.0117. The molecule has 1 N–H and O–H groups in total. The zero-order valence-corrected chi connectivity index (χ0v) is 21.9. The fourth-order valence-corrected chi connectivity index (χ4v) is 6.06. The highest BCUT2D eigenvalue weighted by Gasteiger charge is 2.39. The van der Waals surface area contributed by atoms with Gasteiger partial charge in [0.15, 0.2) is 5.82 Å². The van der Waals surface area contributed by atoms with Crippen LogP contribution in [0.5, 0.6) is 0 Å². The molecule has 1 aliphatic heterocycles. The van der Waals surface area contributed by atoms with Crippen molar-refractivity contribution in [1.82, 2.24) is 14.9 Å². The fraction of sp³-hybridized carbons (Fsp3) is 0.345. The quantitative estimate of drug-likeness (QED) is 0.285. The first kappa shape index (κ1) is 24.2. The zero-order chi connectivity index (χ0) is 25.8. The Balaban J connectivity index is 1.55. The number of aromatic nitrogens is 2. The van der Waals surface area contributed by atoms with Gasteiger partial charge in [0.2, 0.25) is 5.91 Å². The van der Waals surface area contributed by atoms with E-state index in [2.05, 4.69) is 22.1 Å². The lowest BCUT2D eigenvalue weighted by Gasteiger charge is -2.24. The summed E-state index contributed by atoms with van der Waals surface area (Å²) in [6.07, 6.45) is 4.41. The van der Waals surface area contributed by atoms with E-state index < -0.39 is 5.82 Å². The molecular weight excluding hydrogens is 510 g/mol. The number of benzene rings is 2. The van der Waals surface area contributed by atoms with E-state index in [1.807, 2.05) is 17.9 Å². The number of likely N-dealkylation sites (tertiary alicyclic amines) is 1. The third-order valence-electron chi connectivity index (χ3n) is 7.65. The first-order chi connectivity index (χ1) is 17.9. The maximum atomic E-state index is 16.3. The van der Waals surface area contributed by atoms with E-state index in [9.17, 15) is 10.1 Å². The van der Waals surface area contributed by atoms with Crippen molar-refractivity contribution < 1.29 is 9.18 Å². The van der Waals surface area contributed by atoms with Crippen molar-refractivity contribution in [2.24, 2.45) is 5.92 Å². The van der Waals surface area contributed by atoms with Crippen LogP contribution in [0.25, 0.3) is 32.9 Å². The van der Waals surface area contributed by atoms with Gasteiger partial charge in [-0.15, -0.1) is 0 Å². The van der Waals surface area contributed by atoms with Crippen molar-refractivity contribution in [3.63, 3.8) is 0 Å². The molecule has 8 heteroatoms. The molecule has 1 amide bonds. The molecule has 5 nitrogen and oxygen atoms in total. The van der Waals surface area contributed by atoms with Crippen molar-refractivity contribution in [3.05, 3.63) is 63.1 Å². The number of carbonyl (C=O) groups is 1. The van der Waals surface area contributed by atoms with Gasteiger partial charge in [0.05, 0.1) is 27.7 Å². The van der Waals surface area contributed by atoms with Crippen LogP contribution in [0.2, 0.25) is 10.0 Å². The topological polar surface area (TPSA) is 72.8 Å². The Morgan fingerprint density at radius 1 is 1.24 bits per heavy atom. The molecule has 1 saturated heterocycles. The monoisotopic (exact) mass is 534 g/mol. The molecule has 0 bridgehead atoms. The van der Waals surface area contributed by atoms with Crippen LogP contribution in [-0.2, 0) is 11.2 Å². The summed E-state index contributed by atoms with van der Waals surface area (Å²) in [4.78, 5) is 23.1. The van der Waals surface area contributed by atoms with Gasteiger partial charge in [0.25, 0.3) is 0 Å². The number of fused-ring (bicyclic) bond motifs is 3. The number of halogens is 3. The summed E-state index contributed by atoms with van der Waals surface area (Å²) in [5, 5.41) is 11.4. The van der Waals surface area contributed by atoms with Gasteiger partial charge in [-0.3, -0.25) is 4.79 Å². The third kappa shape index (κ3) is 4.05. The van der Waals surface area contributed by atoms with Crippen molar-refractivity contribution in [2.75, 3.05) is 6.54 Å². The third-order valence-corrected chi connectivity index (χ3v) is 8.47. The molecule has 0 spiro atoms. The number of hydrogen-bond acceptors (Lipinski definition) is 3. The van der Waals surface area contributed by atoms with Gasteiger partial charge in [-0.1, -0.05) is 35.3 Å². The largest absolute Gasteiger partial charge is 0.356 e. The summed E-state index contributed by atoms with van der Waals surface area (Å²) < 4.78 is 16.3. The summed E-state index contributed by atoms with van der Waals surface area (Å²) in [7, 11) is 0. The van der Waals surface area contributed by atoms with Gasteiger partial charge in [-0.2, -0.15) is 5.26 Å². The zero-order valence-electron chi connectivity index (χ0n) is 20.4. The van der Waals surface area contributed by atoms with Gasteiger partial charge in [0.1, 0.15) is 5.52 Å². The number of rotatable bonds is 5. The first-order valence-electron chi connectivity index (χ1n) is 12.6. The molecule has 1 unspecified atom stereocenters. The number of nitrogens with zero attached hydrogens (tertiary/aromatic N) is 3. The van der Waals surface area contributed by atoms with Crippen LogP contribution < -0.4 is 0 Å². The Hall–Kier alpha value is -3.14. The minimum atomic E-state index is -0.484. The highest BCUT2D eigenvalue weighted by molar-refractivity contribution is 6.43. The van der Waals surface area contributed by atoms with Crippen LogP contribution in [0.15, 0.2) is 30.3 Å². The van der Waals surface area contributed by atoms with Crippen molar-refractivity contribution in [3.8, 4) is 17.2 Å². The molecule has 2 aromatic carbocycles. The second-order valence-corrected chi connectivity index (χ2v) is 10.8. The molecule has 1 atom stereocenters. The average Bonchev–Trinajstić information content (AvgIpc) is 3.44. The molecule has 1 saturated carbocycles. The lowest BCUT2D eigenvalue weighted by Crippen LogP contribution is -2.31. The van der Waals surface area contributed by atoms with Crippen LogP contribution in [-0.4, -0.2) is 27.3 Å². The lowest BCUT2D eigenvalue weighted by molar-refractivity contribution is -0.133. The van der Waals surface area contributed by atoms with Crippen LogP contribution in [0.4, 0.5) is 4.39 Å². The Bertz CT molecular complexity index is 1620. The number of aryl methyl sites for hydroxylation is 2. The number of aromatic amines is 1. The summed E-state index contributed by atoms with van der Waals surface area (Å²) in [5.41, 5.74) is 4.17. The van der Waals surface area contributed by atoms with E-state index in [1.54, 1.807) is 18.2 Å². The minimum Gasteiger partial charge on any atom is -0.356 e. The molecule has 188 valence electrons. The van der Waals surface area contributed by atoms with Gasteiger partial charge < -0.3 is 9.88 Å². The summed E-state index contributed by atoms with van der Waals surface area (Å²) in [5.74, 6) is -0.0707. The molecule has 37 heavy (non-hydrogen) atoms. The van der Waals surface area contributed by atoms with Gasteiger partial charge in [-0.05, 0) is 62.8 Å². The summed E-state index contributed by atoms with van der Waals surface area (Å²) >= 11 is 12.8. The van der Waals surface area contributed by atoms with Crippen molar-refractivity contribution in [2.45, 2.75) is 51.5 Å². The Morgan fingerprint density at radius 3 is 2.81 bits per heavy atom. The predicted octanol–water partition coefficient (Wildman–Crippen LogP) is 7.67. The molecule has 6 rings (SSSR count). The summed E-state index contributed by atoms with van der Waals surface area (Å²) in [6.45, 7) is 2.64. The number of nitriles is 1. The van der Waals surface area contributed by atoms with Gasteiger partial charge in [-0.25, -0.2) is 9.37 Å². The maximum absolute atomic E-state index is 16.3. The average molecular weight is 535 g/mol. The molecular formula is C29H25Cl2FN4O. The number of amides is 1. The van der Waals surface area contributed by atoms with Crippen LogP contribution in [0.1, 0.15) is 55.1 Å². The smallest absolute Gasteiger partial charge is 0.226 e. The number of carbonyl (C=O) groups excluding carboxylic acids is 1. The van der Waals surface area contributed by atoms with E-state index in [4.69, 9.17) is 23.2 Å². The van der Waals surface area contributed by atoms with Gasteiger partial charge >= 0.3 is 0 Å². The number of hydrogen-bond donors (Lipinski definition) is 1. The highest BCUT2D eigenvalue weighted by atomic mass is 35.5. The molecule has 3 heterocycles. The first-order valence-corrected chi connectivity index (χ1v) is 13.4. The van der Waals surface area contributed by atoms with Crippen LogP contribution in [0, 0.1) is 30.0 Å². The molecule has 2 fully saturated rings. The van der Waals surface area contributed by atoms with E-state index >= 15 is 4.39 Å². The highest BCUT2D eigenvalue weighted by Crippen LogP contribution is 2.43. The standard InChI is InChI=1S/C29H25Cl2FN4O/c1-15-19-14-22(23-8-4-12-36(23)29(37)16-9-10-16)35-27(19)20-13-17(5-3-11-33)24(26(32)28(20)34-15)18-6-2-7-21(30)25(18)31/h2,6-7,13-14,16,23,35H,3-5,8-10,12H2,1H3. The second-order valence-electron chi connectivity index (χ2n) is 10.1. The number of pyridine rings is 1. The molecule has 4 aromatic rings. The molecule has 1 aliphatic carbocycles. The van der Waals surface area contributed by atoms with E-state index in [0.29, 0.717) is 39.2 Å². The molecule has 2 aromatic heterocycles. The Kier molecular flexibility index (Phi) is 6.09. The summed E-state index contributed by atoms with van der Waals surface area (Å²) in [6, 6.07) is 11.3. The van der Waals surface area contributed by atoms with Gasteiger partial charge in [0, 0.05) is 52.2 Å². The van der Waals surface area contributed by atoms with Crippen LogP contribution in [0.3, 0.4) is 0 Å². The van der Waals surface area contributed by atoms with Crippen molar-refractivity contribution in [1.29, 1.82) is 5.26 Å². The number of H-pyrrole nitrogens is 1. The normalized spacial score (nSPS) is 17.6. The van der Waals surface area contributed by atoms with E-state index in [1.165, 1.54) is 0 Å². The molecule has 0 radical (unpaired) electrons. The van der Waals surface area contributed by atoms with E-state index in [-0.39, 0.29) is 34.8 Å². The maximum Gasteiger partial charge on any atom is 0.226 e. The second kappa shape index (κ2) is 9.31. The van der Waals surface area contributed by atoms with Crippen LogP contribution >= 0.6 is 23.2 Å². The lowest BCUT2D eigenvalue weighted by atomic mass is 9.93. The Morgan fingerprint density at radius 2 is 2.05 bits per heavy atom. The fourth-order valence-electron chi connectivity index (χ4n) is 5.67. The molecule has 2 aliphatic rings. The predicted molar refractivity (Wildman–Crippen MR) is 144 cm³/mol.